The van der Waals surface area contributed by atoms with E-state index in [2.05, 4.69) is 46.5 Å². The van der Waals surface area contributed by atoms with Crippen molar-refractivity contribution >= 4 is 0 Å². The molecule has 0 amide bonds. The van der Waals surface area contributed by atoms with E-state index in [1.54, 1.807) is 0 Å². The van der Waals surface area contributed by atoms with Crippen LogP contribution in [0.4, 0.5) is 0 Å². The average Bonchev–Trinajstić information content (AvgIpc) is 2.11. The molecule has 0 bridgehead atoms. The first-order valence-corrected chi connectivity index (χ1v) is 6.24. The van der Waals surface area contributed by atoms with Gasteiger partial charge in [-0.25, -0.2) is 0 Å². The molecule has 0 saturated carbocycles. The Hall–Kier alpha value is -0.300. The lowest BCUT2D eigenvalue weighted by molar-refractivity contribution is 0.319. The van der Waals surface area contributed by atoms with E-state index in [9.17, 15) is 0 Å². The van der Waals surface area contributed by atoms with Crippen molar-refractivity contribution in [1.29, 1.82) is 0 Å². The zero-order chi connectivity index (χ0) is 11.9. The highest BCUT2D eigenvalue weighted by atomic mass is 14.8. The lowest BCUT2D eigenvalue weighted by atomic mass is 9.82. The Labute approximate surface area is 96.3 Å². The monoisotopic (exact) mass is 211 g/mol. The third-order valence-corrected chi connectivity index (χ3v) is 2.76. The molecule has 0 atom stereocenters. The number of rotatable bonds is 8. The lowest BCUT2D eigenvalue weighted by Crippen LogP contribution is -2.25. The molecule has 0 aromatic carbocycles. The van der Waals surface area contributed by atoms with Gasteiger partial charge in [0.25, 0.3) is 0 Å². The number of hydrogen-bond donors (Lipinski definition) is 1. The quantitative estimate of drug-likeness (QED) is 0.472. The van der Waals surface area contributed by atoms with E-state index in [1.165, 1.54) is 12.0 Å². The molecule has 1 nitrogen and oxygen atoms in total. The topological polar surface area (TPSA) is 12.0 Å². The minimum absolute atomic E-state index is 0.400. The van der Waals surface area contributed by atoms with Gasteiger partial charge in [0.2, 0.25) is 0 Å². The first-order chi connectivity index (χ1) is 6.87. The summed E-state index contributed by atoms with van der Waals surface area (Å²) in [6, 6.07) is 0. The van der Waals surface area contributed by atoms with Crippen LogP contribution in [0, 0.1) is 11.3 Å². The predicted octanol–water partition coefficient (Wildman–Crippen LogP) is 4.00. The van der Waals surface area contributed by atoms with Gasteiger partial charge in [0.15, 0.2) is 0 Å². The molecule has 0 heterocycles. The molecule has 0 saturated heterocycles. The summed E-state index contributed by atoms with van der Waals surface area (Å²) in [4.78, 5) is 0. The van der Waals surface area contributed by atoms with Crippen molar-refractivity contribution in [2.45, 2.75) is 53.9 Å². The van der Waals surface area contributed by atoms with Gasteiger partial charge < -0.3 is 5.32 Å². The fourth-order valence-corrected chi connectivity index (χ4v) is 1.71. The Morgan fingerprint density at radius 3 is 2.40 bits per heavy atom. The number of nitrogens with one attached hydrogen (secondary N) is 1. The van der Waals surface area contributed by atoms with E-state index in [-0.39, 0.29) is 0 Å². The van der Waals surface area contributed by atoms with E-state index < -0.39 is 0 Å². The molecule has 0 spiro atoms. The van der Waals surface area contributed by atoms with Crippen LogP contribution in [0.15, 0.2) is 12.2 Å². The van der Waals surface area contributed by atoms with E-state index in [1.807, 2.05) is 0 Å². The summed E-state index contributed by atoms with van der Waals surface area (Å²) in [5, 5.41) is 3.50. The maximum absolute atomic E-state index is 4.09. The van der Waals surface area contributed by atoms with Crippen molar-refractivity contribution in [3.8, 4) is 0 Å². The largest absolute Gasteiger partial charge is 0.316 e. The normalized spacial score (nSPS) is 12.1. The van der Waals surface area contributed by atoms with Gasteiger partial charge in [-0.1, -0.05) is 46.8 Å². The van der Waals surface area contributed by atoms with Crippen LogP contribution in [0.1, 0.15) is 53.9 Å². The predicted molar refractivity (Wildman–Crippen MR) is 70.2 cm³/mol. The molecule has 0 aliphatic heterocycles. The highest BCUT2D eigenvalue weighted by Gasteiger charge is 2.17. The van der Waals surface area contributed by atoms with Gasteiger partial charge in [0.1, 0.15) is 0 Å². The second-order valence-corrected chi connectivity index (χ2v) is 5.79. The fourth-order valence-electron chi connectivity index (χ4n) is 1.71. The van der Waals surface area contributed by atoms with Gasteiger partial charge in [-0.05, 0) is 43.7 Å². The second-order valence-electron chi connectivity index (χ2n) is 5.79. The van der Waals surface area contributed by atoms with Gasteiger partial charge in [-0.15, -0.1) is 0 Å². The smallest absolute Gasteiger partial charge is 0.00258 e. The lowest BCUT2D eigenvalue weighted by Gasteiger charge is -2.25. The van der Waals surface area contributed by atoms with Gasteiger partial charge >= 0.3 is 0 Å². The Balaban J connectivity index is 3.69. The van der Waals surface area contributed by atoms with E-state index in [0.717, 1.165) is 31.8 Å². The van der Waals surface area contributed by atoms with Crippen LogP contribution < -0.4 is 5.32 Å². The van der Waals surface area contributed by atoms with Crippen LogP contribution in [0.2, 0.25) is 0 Å². The number of hydrogen-bond acceptors (Lipinski definition) is 1. The van der Waals surface area contributed by atoms with Crippen molar-refractivity contribution in [2.24, 2.45) is 11.3 Å². The maximum atomic E-state index is 4.09. The second kappa shape index (κ2) is 7.05. The fraction of sp³-hybridized carbons (Fsp3) is 0.857. The maximum Gasteiger partial charge on any atom is -0.00258 e. The average molecular weight is 211 g/mol. The molecule has 0 aliphatic rings. The summed E-state index contributed by atoms with van der Waals surface area (Å²) in [5.41, 5.74) is 1.78. The molecule has 1 N–H and O–H groups in total. The molecule has 0 radical (unpaired) electrons. The van der Waals surface area contributed by atoms with Crippen LogP contribution in [0.3, 0.4) is 0 Å². The third-order valence-electron chi connectivity index (χ3n) is 2.76. The van der Waals surface area contributed by atoms with Crippen molar-refractivity contribution in [2.75, 3.05) is 13.1 Å². The van der Waals surface area contributed by atoms with Gasteiger partial charge in [0.05, 0.1) is 0 Å². The van der Waals surface area contributed by atoms with E-state index in [4.69, 9.17) is 0 Å². The summed E-state index contributed by atoms with van der Waals surface area (Å²) >= 11 is 0. The molecule has 90 valence electrons. The summed E-state index contributed by atoms with van der Waals surface area (Å²) in [7, 11) is 0. The van der Waals surface area contributed by atoms with E-state index in [0.29, 0.717) is 5.41 Å². The molecule has 0 rings (SSSR count). The first-order valence-electron chi connectivity index (χ1n) is 6.24. The van der Waals surface area contributed by atoms with E-state index >= 15 is 0 Å². The molecular formula is C14H29N. The van der Waals surface area contributed by atoms with Crippen molar-refractivity contribution in [3.63, 3.8) is 0 Å². The molecule has 15 heavy (non-hydrogen) atoms. The third kappa shape index (κ3) is 8.68. The molecule has 0 aromatic heterocycles. The Bertz CT molecular complexity index is 180. The molecule has 0 aliphatic carbocycles. The minimum atomic E-state index is 0.400. The summed E-state index contributed by atoms with van der Waals surface area (Å²) in [5.74, 6) is 0.749. The van der Waals surface area contributed by atoms with Gasteiger partial charge in [-0.3, -0.25) is 0 Å². The summed E-state index contributed by atoms with van der Waals surface area (Å²) in [6.45, 7) is 17.7. The van der Waals surface area contributed by atoms with Gasteiger partial charge in [0, 0.05) is 0 Å². The van der Waals surface area contributed by atoms with Crippen LogP contribution in [0.5, 0.6) is 0 Å². The summed E-state index contributed by atoms with van der Waals surface area (Å²) < 4.78 is 0. The van der Waals surface area contributed by atoms with Crippen molar-refractivity contribution in [1.82, 2.24) is 5.32 Å². The molecule has 0 unspecified atom stereocenters. The highest BCUT2D eigenvalue weighted by Crippen LogP contribution is 2.28. The molecule has 1 heteroatoms. The highest BCUT2D eigenvalue weighted by molar-refractivity contribution is 4.97. The zero-order valence-corrected chi connectivity index (χ0v) is 11.3. The SMILES string of the molecule is C=C(CC)CC(C)(C)CCNCC(C)C. The molecular weight excluding hydrogens is 182 g/mol. The Morgan fingerprint density at radius 2 is 1.93 bits per heavy atom. The van der Waals surface area contributed by atoms with Crippen molar-refractivity contribution < 1.29 is 0 Å². The molecule has 0 fully saturated rings. The van der Waals surface area contributed by atoms with Crippen LogP contribution in [-0.2, 0) is 0 Å². The first kappa shape index (κ1) is 14.7. The zero-order valence-electron chi connectivity index (χ0n) is 11.3. The summed E-state index contributed by atoms with van der Waals surface area (Å²) in [6.07, 6.45) is 3.51. The van der Waals surface area contributed by atoms with Gasteiger partial charge in [-0.2, -0.15) is 0 Å². The minimum Gasteiger partial charge on any atom is -0.316 e. The Kier molecular flexibility index (Phi) is 6.91. The van der Waals surface area contributed by atoms with Crippen molar-refractivity contribution in [3.05, 3.63) is 12.2 Å². The van der Waals surface area contributed by atoms with Crippen LogP contribution in [-0.4, -0.2) is 13.1 Å². The standard InChI is InChI=1S/C14H29N/c1-7-13(4)10-14(5,6)8-9-15-11-12(2)3/h12,15H,4,7-11H2,1-3,5-6H3. The molecule has 0 aromatic rings. The number of allylic oxidation sites excluding steroid dienone is 1. The van der Waals surface area contributed by atoms with Crippen LogP contribution >= 0.6 is 0 Å². The Morgan fingerprint density at radius 1 is 1.33 bits per heavy atom. The van der Waals surface area contributed by atoms with Crippen LogP contribution in [0.25, 0.3) is 0 Å².